The molecule has 0 radical (unpaired) electrons. The van der Waals surface area contributed by atoms with Crippen LogP contribution in [0.5, 0.6) is 0 Å². The predicted octanol–water partition coefficient (Wildman–Crippen LogP) is 3.14. The molecule has 1 rings (SSSR count). The first-order valence-corrected chi connectivity index (χ1v) is 10.2. The molecule has 0 aliphatic rings. The zero-order chi connectivity index (χ0) is 24.0. The number of nitriles is 1. The molecule has 0 aliphatic carbocycles. The maximum atomic E-state index is 13.2. The second-order valence-electron chi connectivity index (χ2n) is 9.47. The molecular formula is C23H34N4O4. The molecule has 2 N–H and O–H groups in total. The van der Waals surface area contributed by atoms with Crippen LogP contribution in [0.3, 0.4) is 0 Å². The summed E-state index contributed by atoms with van der Waals surface area (Å²) in [5, 5.41) is 14.7. The number of carbonyl (C=O) groups excluding carboxylic acids is 3. The second-order valence-corrected chi connectivity index (χ2v) is 9.47. The molecule has 170 valence electrons. The molecule has 0 saturated carbocycles. The van der Waals surface area contributed by atoms with Crippen LogP contribution in [0.4, 0.5) is 4.79 Å². The summed E-state index contributed by atoms with van der Waals surface area (Å²) in [6, 6.07) is 6.43. The van der Waals surface area contributed by atoms with Crippen LogP contribution in [0, 0.1) is 25.2 Å². The van der Waals surface area contributed by atoms with Crippen LogP contribution in [0.15, 0.2) is 18.2 Å². The summed E-state index contributed by atoms with van der Waals surface area (Å²) in [6.45, 7) is 13.7. The summed E-state index contributed by atoms with van der Waals surface area (Å²) in [4.78, 5) is 39.4. The Bertz CT molecular complexity index is 860. The first-order valence-electron chi connectivity index (χ1n) is 10.2. The minimum Gasteiger partial charge on any atom is -0.444 e. The number of benzene rings is 1. The molecular weight excluding hydrogens is 396 g/mol. The number of nitrogens with zero attached hydrogens (tertiary/aromatic N) is 2. The number of aryl methyl sites for hydroxylation is 1. The lowest BCUT2D eigenvalue weighted by Gasteiger charge is -2.33. The highest BCUT2D eigenvalue weighted by atomic mass is 16.6. The van der Waals surface area contributed by atoms with Crippen molar-refractivity contribution in [3.05, 3.63) is 34.9 Å². The predicted molar refractivity (Wildman–Crippen MR) is 118 cm³/mol. The highest BCUT2D eigenvalue weighted by Crippen LogP contribution is 2.27. The molecule has 31 heavy (non-hydrogen) atoms. The molecule has 0 bridgehead atoms. The van der Waals surface area contributed by atoms with Gasteiger partial charge in [-0.3, -0.25) is 9.59 Å². The molecule has 0 saturated heterocycles. The normalized spacial score (nSPS) is 12.4. The zero-order valence-electron chi connectivity index (χ0n) is 19.8. The van der Waals surface area contributed by atoms with Crippen molar-refractivity contribution in [2.24, 2.45) is 0 Å². The average Bonchev–Trinajstić information content (AvgIpc) is 2.59. The maximum Gasteiger partial charge on any atom is 0.408 e. The molecule has 0 spiro atoms. The van der Waals surface area contributed by atoms with E-state index in [1.165, 1.54) is 4.90 Å². The third-order valence-corrected chi connectivity index (χ3v) is 4.34. The SMILES string of the molecule is Cc1cccc(C(C(=O)NC(C)(C)C)N(CC#N)C(=O)CNC(=O)OC(C)(C)C)c1C. The van der Waals surface area contributed by atoms with Crippen LogP contribution in [-0.2, 0) is 14.3 Å². The van der Waals surface area contributed by atoms with Gasteiger partial charge in [-0.2, -0.15) is 5.26 Å². The number of amides is 3. The lowest BCUT2D eigenvalue weighted by atomic mass is 9.94. The van der Waals surface area contributed by atoms with Crippen LogP contribution in [0.2, 0.25) is 0 Å². The van der Waals surface area contributed by atoms with Gasteiger partial charge in [0.05, 0.1) is 6.07 Å². The standard InChI is InChI=1S/C23H34N4O4/c1-15-10-9-11-17(16(15)2)19(20(29)26-22(3,4)5)27(13-12-24)18(28)14-25-21(30)31-23(6,7)8/h9-11,19H,13-14H2,1-8H3,(H,25,30)(H,26,29). The monoisotopic (exact) mass is 430 g/mol. The minimum absolute atomic E-state index is 0.315. The third-order valence-electron chi connectivity index (χ3n) is 4.34. The summed E-state index contributed by atoms with van der Waals surface area (Å²) in [7, 11) is 0. The summed E-state index contributed by atoms with van der Waals surface area (Å²) >= 11 is 0. The fraction of sp³-hybridized carbons (Fsp3) is 0.565. The van der Waals surface area contributed by atoms with Gasteiger partial charge >= 0.3 is 6.09 Å². The fourth-order valence-electron chi connectivity index (χ4n) is 2.92. The fourth-order valence-corrected chi connectivity index (χ4v) is 2.92. The Morgan fingerprint density at radius 2 is 1.74 bits per heavy atom. The van der Waals surface area contributed by atoms with Crippen molar-refractivity contribution in [1.29, 1.82) is 5.26 Å². The van der Waals surface area contributed by atoms with Gasteiger partial charge in [0.15, 0.2) is 0 Å². The van der Waals surface area contributed by atoms with E-state index in [2.05, 4.69) is 10.6 Å². The lowest BCUT2D eigenvalue weighted by molar-refractivity contribution is -0.140. The maximum absolute atomic E-state index is 13.2. The molecule has 1 unspecified atom stereocenters. The zero-order valence-corrected chi connectivity index (χ0v) is 19.8. The molecule has 1 aromatic carbocycles. The Morgan fingerprint density at radius 1 is 1.13 bits per heavy atom. The minimum atomic E-state index is -1.02. The van der Waals surface area contributed by atoms with Crippen molar-refractivity contribution in [2.45, 2.75) is 72.6 Å². The summed E-state index contributed by atoms with van der Waals surface area (Å²) < 4.78 is 5.16. The molecule has 1 atom stereocenters. The van der Waals surface area contributed by atoms with E-state index < -0.39 is 41.6 Å². The van der Waals surface area contributed by atoms with E-state index in [0.717, 1.165) is 11.1 Å². The highest BCUT2D eigenvalue weighted by molar-refractivity contribution is 5.91. The van der Waals surface area contributed by atoms with E-state index in [0.29, 0.717) is 5.56 Å². The Labute approximate surface area is 184 Å². The van der Waals surface area contributed by atoms with Crippen LogP contribution in [0.25, 0.3) is 0 Å². The molecule has 0 fully saturated rings. The van der Waals surface area contributed by atoms with Gasteiger partial charge in [0, 0.05) is 5.54 Å². The number of hydrogen-bond donors (Lipinski definition) is 2. The van der Waals surface area contributed by atoms with Crippen molar-refractivity contribution >= 4 is 17.9 Å². The molecule has 3 amide bonds. The Hall–Kier alpha value is -3.08. The van der Waals surface area contributed by atoms with Crippen LogP contribution in [-0.4, -0.2) is 47.0 Å². The smallest absolute Gasteiger partial charge is 0.408 e. The molecule has 0 heterocycles. The van der Waals surface area contributed by atoms with Gasteiger partial charge in [-0.25, -0.2) is 4.79 Å². The van der Waals surface area contributed by atoms with Gasteiger partial charge < -0.3 is 20.3 Å². The summed E-state index contributed by atoms with van der Waals surface area (Å²) in [5.41, 5.74) is 1.19. The van der Waals surface area contributed by atoms with Gasteiger partial charge in [-0.15, -0.1) is 0 Å². The quantitative estimate of drug-likeness (QED) is 0.674. The molecule has 8 nitrogen and oxygen atoms in total. The van der Waals surface area contributed by atoms with Gasteiger partial charge in [-0.1, -0.05) is 18.2 Å². The van der Waals surface area contributed by atoms with Gasteiger partial charge in [0.2, 0.25) is 11.8 Å². The number of alkyl carbamates (subject to hydrolysis) is 1. The molecule has 0 aliphatic heterocycles. The largest absolute Gasteiger partial charge is 0.444 e. The first-order chi connectivity index (χ1) is 14.2. The molecule has 0 aromatic heterocycles. The van der Waals surface area contributed by atoms with Crippen molar-refractivity contribution in [1.82, 2.24) is 15.5 Å². The number of rotatable bonds is 6. The van der Waals surface area contributed by atoms with E-state index in [-0.39, 0.29) is 6.54 Å². The molecule has 8 heteroatoms. The van der Waals surface area contributed by atoms with Crippen LogP contribution in [0.1, 0.15) is 64.3 Å². The van der Waals surface area contributed by atoms with E-state index in [4.69, 9.17) is 4.74 Å². The summed E-state index contributed by atoms with van der Waals surface area (Å²) in [5.74, 6) is -0.968. The van der Waals surface area contributed by atoms with Gasteiger partial charge in [0.25, 0.3) is 0 Å². The number of nitrogens with one attached hydrogen (secondary N) is 2. The Kier molecular flexibility index (Phi) is 8.62. The Morgan fingerprint density at radius 3 is 2.26 bits per heavy atom. The van der Waals surface area contributed by atoms with E-state index in [9.17, 15) is 19.6 Å². The van der Waals surface area contributed by atoms with Crippen LogP contribution >= 0.6 is 0 Å². The van der Waals surface area contributed by atoms with Crippen molar-refractivity contribution in [3.63, 3.8) is 0 Å². The third kappa shape index (κ3) is 8.28. The van der Waals surface area contributed by atoms with E-state index in [1.54, 1.807) is 26.8 Å². The summed E-state index contributed by atoms with van der Waals surface area (Å²) in [6.07, 6.45) is -0.750. The van der Waals surface area contributed by atoms with Crippen molar-refractivity contribution in [3.8, 4) is 6.07 Å². The van der Waals surface area contributed by atoms with Crippen molar-refractivity contribution in [2.75, 3.05) is 13.1 Å². The van der Waals surface area contributed by atoms with Gasteiger partial charge in [0.1, 0.15) is 24.7 Å². The van der Waals surface area contributed by atoms with E-state index >= 15 is 0 Å². The highest BCUT2D eigenvalue weighted by Gasteiger charge is 2.34. The average molecular weight is 431 g/mol. The van der Waals surface area contributed by atoms with Crippen LogP contribution < -0.4 is 10.6 Å². The van der Waals surface area contributed by atoms with Gasteiger partial charge in [-0.05, 0) is 72.1 Å². The second kappa shape index (κ2) is 10.3. The topological polar surface area (TPSA) is 112 Å². The Balaban J connectivity index is 3.28. The first kappa shape index (κ1) is 26.0. The van der Waals surface area contributed by atoms with E-state index in [1.807, 2.05) is 52.8 Å². The number of ether oxygens (including phenoxy) is 1. The lowest BCUT2D eigenvalue weighted by Crippen LogP contribution is -2.51. The number of carbonyl (C=O) groups is 3. The number of hydrogen-bond acceptors (Lipinski definition) is 5. The van der Waals surface area contributed by atoms with Crippen molar-refractivity contribution < 1.29 is 19.1 Å². The molecule has 1 aromatic rings.